The highest BCUT2D eigenvalue weighted by atomic mass is 31.2. The fourth-order valence-corrected chi connectivity index (χ4v) is 4.78. The Kier molecular flexibility index (Phi) is 31.1. The van der Waals surface area contributed by atoms with Crippen LogP contribution in [0.3, 0.4) is 0 Å². The molecule has 0 amide bonds. The number of esters is 2. The van der Waals surface area contributed by atoms with Gasteiger partial charge in [-0.3, -0.25) is 14.1 Å². The number of phosphoric acid groups is 1. The van der Waals surface area contributed by atoms with Crippen LogP contribution in [0.15, 0.2) is 60.8 Å². The minimum Gasteiger partial charge on any atom is -0.462 e. The van der Waals surface area contributed by atoms with Gasteiger partial charge in [0.15, 0.2) is 6.10 Å². The van der Waals surface area contributed by atoms with Crippen molar-refractivity contribution in [2.24, 2.45) is 0 Å². The molecule has 0 saturated heterocycles. The fraction of sp³-hybridized carbons (Fsp3) is 0.676. The summed E-state index contributed by atoms with van der Waals surface area (Å²) in [4.78, 5) is 42.6. The van der Waals surface area contributed by atoms with Crippen LogP contribution in [0.1, 0.15) is 142 Å². The maximum Gasteiger partial charge on any atom is 0.469 e. The fourth-order valence-electron chi connectivity index (χ4n) is 4.42. The maximum atomic E-state index is 12.3. The number of phosphoric ester groups is 1. The lowest BCUT2D eigenvalue weighted by Crippen LogP contribution is -2.29. The molecule has 2 N–H and O–H groups in total. The molecule has 46 heavy (non-hydrogen) atoms. The van der Waals surface area contributed by atoms with Crippen molar-refractivity contribution >= 4 is 19.8 Å². The Hall–Kier alpha value is -2.25. The molecule has 0 heterocycles. The van der Waals surface area contributed by atoms with E-state index >= 15 is 0 Å². The molecule has 0 rings (SSSR count). The molecule has 0 spiro atoms. The standard InChI is InChI=1S/C37H63O8P/c1-3-5-7-9-11-13-15-17-18-20-22-24-26-28-30-32-37(39)45-35(34-44-46(40,41)42)33-43-36(38)31-29-27-25-23-21-19-16-14-12-10-8-6-4-2/h5,7-8,10-11,13-14,16-18,35H,3-4,6,9,12,15,19-34H2,1-2H3,(H2,40,41,42)/b7-5-,10-8-,13-11-,16-14-,18-17-. The molecule has 0 aliphatic rings. The van der Waals surface area contributed by atoms with E-state index in [1.54, 1.807) is 0 Å². The summed E-state index contributed by atoms with van der Waals surface area (Å²) in [7, 11) is -4.76. The minimum atomic E-state index is -4.76. The highest BCUT2D eigenvalue weighted by molar-refractivity contribution is 7.46. The van der Waals surface area contributed by atoms with Gasteiger partial charge in [0.25, 0.3) is 0 Å². The second-order valence-electron chi connectivity index (χ2n) is 11.5. The molecule has 1 atom stereocenters. The zero-order valence-corrected chi connectivity index (χ0v) is 29.6. The predicted molar refractivity (Wildman–Crippen MR) is 188 cm³/mol. The predicted octanol–water partition coefficient (Wildman–Crippen LogP) is 10.2. The minimum absolute atomic E-state index is 0.186. The van der Waals surface area contributed by atoms with E-state index in [0.29, 0.717) is 12.8 Å². The van der Waals surface area contributed by atoms with Gasteiger partial charge in [0.05, 0.1) is 6.61 Å². The van der Waals surface area contributed by atoms with Crippen molar-refractivity contribution in [1.82, 2.24) is 0 Å². The number of ether oxygens (including phenoxy) is 2. The quantitative estimate of drug-likeness (QED) is 0.0325. The molecule has 0 aliphatic heterocycles. The van der Waals surface area contributed by atoms with Gasteiger partial charge in [0, 0.05) is 12.8 Å². The number of hydrogen-bond donors (Lipinski definition) is 2. The molecule has 0 fully saturated rings. The summed E-state index contributed by atoms with van der Waals surface area (Å²) in [5.74, 6) is -0.929. The summed E-state index contributed by atoms with van der Waals surface area (Å²) < 4.78 is 26.2. The van der Waals surface area contributed by atoms with Crippen molar-refractivity contribution < 1.29 is 37.9 Å². The van der Waals surface area contributed by atoms with Crippen LogP contribution in [0.4, 0.5) is 0 Å². The van der Waals surface area contributed by atoms with Gasteiger partial charge >= 0.3 is 19.8 Å². The Morgan fingerprint density at radius 3 is 1.57 bits per heavy atom. The second-order valence-corrected chi connectivity index (χ2v) is 12.7. The van der Waals surface area contributed by atoms with Crippen molar-refractivity contribution in [1.29, 1.82) is 0 Å². The number of unbranched alkanes of at least 4 members (excludes halogenated alkanes) is 11. The molecule has 9 heteroatoms. The lowest BCUT2D eigenvalue weighted by Gasteiger charge is -2.18. The van der Waals surface area contributed by atoms with Gasteiger partial charge in [-0.25, -0.2) is 4.57 Å². The molecule has 0 aromatic heterocycles. The average molecular weight is 667 g/mol. The van der Waals surface area contributed by atoms with Crippen LogP contribution in [0, 0.1) is 0 Å². The average Bonchev–Trinajstić information content (AvgIpc) is 3.02. The Labute approximate surface area is 279 Å². The molecule has 0 aromatic rings. The first-order valence-electron chi connectivity index (χ1n) is 17.6. The summed E-state index contributed by atoms with van der Waals surface area (Å²) in [5, 5.41) is 0. The largest absolute Gasteiger partial charge is 0.469 e. The first-order valence-corrected chi connectivity index (χ1v) is 19.1. The topological polar surface area (TPSA) is 119 Å². The van der Waals surface area contributed by atoms with Gasteiger partial charge < -0.3 is 19.3 Å². The Balaban J connectivity index is 4.06. The van der Waals surface area contributed by atoms with E-state index in [0.717, 1.165) is 96.3 Å². The molecule has 0 bridgehead atoms. The number of carbonyl (C=O) groups excluding carboxylic acids is 2. The number of carbonyl (C=O) groups is 2. The van der Waals surface area contributed by atoms with Crippen LogP contribution in [0.5, 0.6) is 0 Å². The molecular weight excluding hydrogens is 603 g/mol. The van der Waals surface area contributed by atoms with Crippen LogP contribution in [-0.2, 0) is 28.2 Å². The van der Waals surface area contributed by atoms with E-state index in [1.165, 1.54) is 6.42 Å². The van der Waals surface area contributed by atoms with E-state index in [9.17, 15) is 14.2 Å². The Morgan fingerprint density at radius 2 is 1.04 bits per heavy atom. The van der Waals surface area contributed by atoms with E-state index in [1.807, 2.05) is 0 Å². The normalized spacial score (nSPS) is 13.2. The lowest BCUT2D eigenvalue weighted by atomic mass is 10.1. The third-order valence-electron chi connectivity index (χ3n) is 7.00. The lowest BCUT2D eigenvalue weighted by molar-refractivity contribution is -0.161. The maximum absolute atomic E-state index is 12.3. The van der Waals surface area contributed by atoms with Crippen molar-refractivity contribution in [3.63, 3.8) is 0 Å². The molecule has 0 saturated carbocycles. The molecule has 0 aliphatic carbocycles. The van der Waals surface area contributed by atoms with Crippen LogP contribution < -0.4 is 0 Å². The summed E-state index contributed by atoms with van der Waals surface area (Å²) in [5.41, 5.74) is 0. The molecular formula is C37H63O8P. The smallest absolute Gasteiger partial charge is 0.462 e. The summed E-state index contributed by atoms with van der Waals surface area (Å²) in [6, 6.07) is 0. The Bertz CT molecular complexity index is 932. The number of rotatable bonds is 31. The van der Waals surface area contributed by atoms with E-state index in [2.05, 4.69) is 79.1 Å². The molecule has 1 unspecified atom stereocenters. The van der Waals surface area contributed by atoms with Gasteiger partial charge in [0.1, 0.15) is 6.61 Å². The van der Waals surface area contributed by atoms with Crippen molar-refractivity contribution in [3.05, 3.63) is 60.8 Å². The van der Waals surface area contributed by atoms with Gasteiger partial charge in [-0.2, -0.15) is 0 Å². The van der Waals surface area contributed by atoms with E-state index < -0.39 is 32.5 Å². The molecule has 264 valence electrons. The summed E-state index contributed by atoms with van der Waals surface area (Å²) in [6.07, 6.45) is 39.4. The van der Waals surface area contributed by atoms with E-state index in [4.69, 9.17) is 19.3 Å². The third-order valence-corrected chi connectivity index (χ3v) is 7.49. The number of hydrogen-bond acceptors (Lipinski definition) is 6. The third kappa shape index (κ3) is 34.6. The zero-order chi connectivity index (χ0) is 34.0. The van der Waals surface area contributed by atoms with Gasteiger partial charge in [-0.05, 0) is 70.6 Å². The number of allylic oxidation sites excluding steroid dienone is 10. The SMILES string of the molecule is CC/C=C\C/C=C\C/C=C\CCCCCCCC(=O)OC(COC(=O)CCCCCCC/C=C\C/C=C\CCC)COP(=O)(O)O. The van der Waals surface area contributed by atoms with Crippen molar-refractivity contribution in [2.75, 3.05) is 13.2 Å². The van der Waals surface area contributed by atoms with Gasteiger partial charge in [-0.1, -0.05) is 120 Å². The Morgan fingerprint density at radius 1 is 0.587 bits per heavy atom. The first-order chi connectivity index (χ1) is 22.3. The summed E-state index contributed by atoms with van der Waals surface area (Å²) in [6.45, 7) is 3.45. The molecule has 0 radical (unpaired) electrons. The van der Waals surface area contributed by atoms with Gasteiger partial charge in [0.2, 0.25) is 0 Å². The van der Waals surface area contributed by atoms with Crippen molar-refractivity contribution in [3.8, 4) is 0 Å². The monoisotopic (exact) mass is 666 g/mol. The summed E-state index contributed by atoms with van der Waals surface area (Å²) >= 11 is 0. The first kappa shape index (κ1) is 43.8. The second kappa shape index (κ2) is 32.7. The highest BCUT2D eigenvalue weighted by Crippen LogP contribution is 2.35. The highest BCUT2D eigenvalue weighted by Gasteiger charge is 2.22. The van der Waals surface area contributed by atoms with Crippen LogP contribution in [-0.4, -0.2) is 41.0 Å². The zero-order valence-electron chi connectivity index (χ0n) is 28.7. The molecule has 0 aromatic carbocycles. The molecule has 8 nitrogen and oxygen atoms in total. The van der Waals surface area contributed by atoms with Crippen LogP contribution >= 0.6 is 7.82 Å². The van der Waals surface area contributed by atoms with Crippen molar-refractivity contribution in [2.45, 2.75) is 148 Å². The van der Waals surface area contributed by atoms with Crippen LogP contribution in [0.2, 0.25) is 0 Å². The van der Waals surface area contributed by atoms with Crippen LogP contribution in [0.25, 0.3) is 0 Å². The van der Waals surface area contributed by atoms with E-state index in [-0.39, 0.29) is 19.4 Å². The van der Waals surface area contributed by atoms with Gasteiger partial charge in [-0.15, -0.1) is 0 Å².